The Morgan fingerprint density at radius 1 is 1.36 bits per heavy atom. The smallest absolute Gasteiger partial charge is 0.0961 e. The van der Waals surface area contributed by atoms with Crippen molar-refractivity contribution in [3.8, 4) is 0 Å². The molecule has 72 valence electrons. The molecule has 1 aliphatic rings. The second kappa shape index (κ2) is 3.10. The molecule has 3 rings (SSSR count). The SMILES string of the molecule is c1ccc2c(c1)ncn2[C@H]1CCNC1. The molecule has 2 heterocycles. The third-order valence-corrected chi connectivity index (χ3v) is 2.91. The fraction of sp³-hybridized carbons (Fsp3) is 0.364. The molecule has 1 aliphatic heterocycles. The van der Waals surface area contributed by atoms with Crippen LogP contribution in [0.25, 0.3) is 11.0 Å². The van der Waals surface area contributed by atoms with Gasteiger partial charge < -0.3 is 9.88 Å². The minimum atomic E-state index is 0.586. The number of imidazole rings is 1. The van der Waals surface area contributed by atoms with Crippen LogP contribution in [0.1, 0.15) is 12.5 Å². The van der Waals surface area contributed by atoms with Crippen molar-refractivity contribution in [2.75, 3.05) is 13.1 Å². The fourth-order valence-electron chi connectivity index (χ4n) is 2.15. The number of aromatic nitrogens is 2. The van der Waals surface area contributed by atoms with E-state index in [1.54, 1.807) is 0 Å². The highest BCUT2D eigenvalue weighted by Crippen LogP contribution is 2.21. The Morgan fingerprint density at radius 2 is 2.29 bits per heavy atom. The number of para-hydroxylation sites is 2. The molecule has 0 radical (unpaired) electrons. The van der Waals surface area contributed by atoms with Crippen LogP contribution in [0.4, 0.5) is 0 Å². The monoisotopic (exact) mass is 187 g/mol. The molecule has 14 heavy (non-hydrogen) atoms. The van der Waals surface area contributed by atoms with Crippen LogP contribution in [0.2, 0.25) is 0 Å². The molecule has 0 unspecified atom stereocenters. The lowest BCUT2D eigenvalue weighted by molar-refractivity contribution is 0.561. The topological polar surface area (TPSA) is 29.9 Å². The lowest BCUT2D eigenvalue weighted by Gasteiger charge is -2.10. The Labute approximate surface area is 82.8 Å². The van der Waals surface area contributed by atoms with Gasteiger partial charge in [-0.3, -0.25) is 0 Å². The molecule has 2 aromatic rings. The second-order valence-electron chi connectivity index (χ2n) is 3.79. The van der Waals surface area contributed by atoms with E-state index in [2.05, 4.69) is 33.1 Å². The summed E-state index contributed by atoms with van der Waals surface area (Å²) in [5.74, 6) is 0. The Morgan fingerprint density at radius 3 is 3.14 bits per heavy atom. The van der Waals surface area contributed by atoms with Gasteiger partial charge in [0.15, 0.2) is 0 Å². The molecule has 0 aliphatic carbocycles. The molecule has 1 atom stereocenters. The number of hydrogen-bond donors (Lipinski definition) is 1. The molecule has 1 fully saturated rings. The largest absolute Gasteiger partial charge is 0.326 e. The predicted molar refractivity (Wildman–Crippen MR) is 56.3 cm³/mol. The number of hydrogen-bond acceptors (Lipinski definition) is 2. The average molecular weight is 187 g/mol. The van der Waals surface area contributed by atoms with Crippen LogP contribution in [-0.2, 0) is 0 Å². The molecule has 1 saturated heterocycles. The minimum absolute atomic E-state index is 0.586. The highest BCUT2D eigenvalue weighted by atomic mass is 15.1. The summed E-state index contributed by atoms with van der Waals surface area (Å²) in [6.07, 6.45) is 3.17. The number of fused-ring (bicyclic) bond motifs is 1. The van der Waals surface area contributed by atoms with Gasteiger partial charge in [-0.1, -0.05) is 12.1 Å². The lowest BCUT2D eigenvalue weighted by atomic mass is 10.2. The van der Waals surface area contributed by atoms with Gasteiger partial charge in [0.1, 0.15) is 0 Å². The Hall–Kier alpha value is -1.35. The molecule has 0 saturated carbocycles. The summed E-state index contributed by atoms with van der Waals surface area (Å²) >= 11 is 0. The van der Waals surface area contributed by atoms with Gasteiger partial charge in [-0.2, -0.15) is 0 Å². The summed E-state index contributed by atoms with van der Waals surface area (Å²) in [5, 5.41) is 3.38. The molecule has 1 aromatic heterocycles. The van der Waals surface area contributed by atoms with Gasteiger partial charge in [-0.05, 0) is 25.1 Å². The van der Waals surface area contributed by atoms with Crippen LogP contribution < -0.4 is 5.32 Å². The van der Waals surface area contributed by atoms with Crippen LogP contribution in [0.5, 0.6) is 0 Å². The van der Waals surface area contributed by atoms with E-state index in [1.807, 2.05) is 12.4 Å². The maximum absolute atomic E-state index is 4.40. The first kappa shape index (κ1) is 8.00. The highest BCUT2D eigenvalue weighted by Gasteiger charge is 2.17. The minimum Gasteiger partial charge on any atom is -0.326 e. The summed E-state index contributed by atoms with van der Waals surface area (Å²) in [7, 11) is 0. The van der Waals surface area contributed by atoms with E-state index in [-0.39, 0.29) is 0 Å². The Balaban J connectivity index is 2.11. The van der Waals surface area contributed by atoms with Crippen molar-refractivity contribution in [2.24, 2.45) is 0 Å². The van der Waals surface area contributed by atoms with Crippen LogP contribution in [0.15, 0.2) is 30.6 Å². The van der Waals surface area contributed by atoms with E-state index in [9.17, 15) is 0 Å². The van der Waals surface area contributed by atoms with E-state index in [4.69, 9.17) is 0 Å². The standard InChI is InChI=1S/C11H13N3/c1-2-4-11-10(3-1)13-8-14(11)9-5-6-12-7-9/h1-4,8-9,12H,5-7H2/t9-/m0/s1. The van der Waals surface area contributed by atoms with Gasteiger partial charge in [0, 0.05) is 12.6 Å². The van der Waals surface area contributed by atoms with Gasteiger partial charge in [0.2, 0.25) is 0 Å². The second-order valence-corrected chi connectivity index (χ2v) is 3.79. The molecule has 0 spiro atoms. The average Bonchev–Trinajstić information content (AvgIpc) is 2.85. The van der Waals surface area contributed by atoms with Gasteiger partial charge in [0.25, 0.3) is 0 Å². The first-order valence-corrected chi connectivity index (χ1v) is 5.07. The highest BCUT2D eigenvalue weighted by molar-refractivity contribution is 5.75. The Kier molecular flexibility index (Phi) is 1.77. The van der Waals surface area contributed by atoms with E-state index in [0.29, 0.717) is 6.04 Å². The van der Waals surface area contributed by atoms with Crippen molar-refractivity contribution in [3.63, 3.8) is 0 Å². The number of benzene rings is 1. The van der Waals surface area contributed by atoms with E-state index < -0.39 is 0 Å². The van der Waals surface area contributed by atoms with Gasteiger partial charge >= 0.3 is 0 Å². The molecule has 0 bridgehead atoms. The fourth-order valence-corrected chi connectivity index (χ4v) is 2.15. The van der Waals surface area contributed by atoms with Gasteiger partial charge in [0.05, 0.1) is 17.4 Å². The molecule has 3 heteroatoms. The maximum Gasteiger partial charge on any atom is 0.0961 e. The number of rotatable bonds is 1. The zero-order valence-corrected chi connectivity index (χ0v) is 7.98. The quantitative estimate of drug-likeness (QED) is 0.734. The molecular weight excluding hydrogens is 174 g/mol. The lowest BCUT2D eigenvalue weighted by Crippen LogP contribution is -2.12. The first-order chi connectivity index (χ1) is 6.95. The van der Waals surface area contributed by atoms with Crippen LogP contribution in [0, 0.1) is 0 Å². The summed E-state index contributed by atoms with van der Waals surface area (Å²) < 4.78 is 2.29. The molecular formula is C11H13N3. The normalized spacial score (nSPS) is 21.9. The van der Waals surface area contributed by atoms with Crippen LogP contribution in [-0.4, -0.2) is 22.6 Å². The number of nitrogens with zero attached hydrogens (tertiary/aromatic N) is 2. The van der Waals surface area contributed by atoms with Crippen LogP contribution in [0.3, 0.4) is 0 Å². The molecule has 3 nitrogen and oxygen atoms in total. The summed E-state index contributed by atoms with van der Waals surface area (Å²) in [6, 6.07) is 8.90. The van der Waals surface area contributed by atoms with Crippen molar-refractivity contribution in [1.82, 2.24) is 14.9 Å². The van der Waals surface area contributed by atoms with Crippen LogP contribution >= 0.6 is 0 Å². The van der Waals surface area contributed by atoms with E-state index in [1.165, 1.54) is 11.9 Å². The third-order valence-electron chi connectivity index (χ3n) is 2.91. The third kappa shape index (κ3) is 1.13. The number of nitrogens with one attached hydrogen (secondary N) is 1. The van der Waals surface area contributed by atoms with Crippen molar-refractivity contribution in [2.45, 2.75) is 12.5 Å². The van der Waals surface area contributed by atoms with E-state index in [0.717, 1.165) is 18.6 Å². The predicted octanol–water partition coefficient (Wildman–Crippen LogP) is 1.57. The van der Waals surface area contributed by atoms with Crippen molar-refractivity contribution in [1.29, 1.82) is 0 Å². The zero-order valence-electron chi connectivity index (χ0n) is 7.98. The van der Waals surface area contributed by atoms with Crippen molar-refractivity contribution in [3.05, 3.63) is 30.6 Å². The Bertz CT molecular complexity index is 440. The molecule has 0 amide bonds. The van der Waals surface area contributed by atoms with Gasteiger partial charge in [-0.25, -0.2) is 4.98 Å². The maximum atomic E-state index is 4.40. The van der Waals surface area contributed by atoms with Gasteiger partial charge in [-0.15, -0.1) is 0 Å². The van der Waals surface area contributed by atoms with E-state index >= 15 is 0 Å². The summed E-state index contributed by atoms with van der Waals surface area (Å²) in [5.41, 5.74) is 2.35. The first-order valence-electron chi connectivity index (χ1n) is 5.07. The zero-order chi connectivity index (χ0) is 9.38. The molecule has 1 N–H and O–H groups in total. The summed E-state index contributed by atoms with van der Waals surface area (Å²) in [6.45, 7) is 2.19. The summed E-state index contributed by atoms with van der Waals surface area (Å²) in [4.78, 5) is 4.40. The molecule has 1 aromatic carbocycles. The van der Waals surface area contributed by atoms with Crippen molar-refractivity contribution < 1.29 is 0 Å². The van der Waals surface area contributed by atoms with Crippen molar-refractivity contribution >= 4 is 11.0 Å².